The van der Waals surface area contributed by atoms with Crippen molar-refractivity contribution >= 4 is 33.2 Å². The summed E-state index contributed by atoms with van der Waals surface area (Å²) in [5.41, 5.74) is -1.57. The Labute approximate surface area is 175 Å². The van der Waals surface area contributed by atoms with E-state index in [1.165, 1.54) is 17.2 Å². The predicted octanol–water partition coefficient (Wildman–Crippen LogP) is 3.42. The third-order valence-corrected chi connectivity index (χ3v) is 5.97. The minimum absolute atomic E-state index is 0.0447. The van der Waals surface area contributed by atoms with Crippen molar-refractivity contribution in [1.82, 2.24) is 9.88 Å². The van der Waals surface area contributed by atoms with Gasteiger partial charge >= 0.3 is 6.18 Å². The van der Waals surface area contributed by atoms with Crippen LogP contribution in [0.3, 0.4) is 0 Å². The van der Waals surface area contributed by atoms with Gasteiger partial charge in [0.1, 0.15) is 0 Å². The highest BCUT2D eigenvalue weighted by molar-refractivity contribution is 7.92. The van der Waals surface area contributed by atoms with Gasteiger partial charge in [0, 0.05) is 12.7 Å². The van der Waals surface area contributed by atoms with Crippen molar-refractivity contribution in [2.45, 2.75) is 24.0 Å². The fourth-order valence-corrected chi connectivity index (χ4v) is 4.16. The van der Waals surface area contributed by atoms with Crippen molar-refractivity contribution in [2.75, 3.05) is 24.5 Å². The van der Waals surface area contributed by atoms with Crippen molar-refractivity contribution < 1.29 is 31.1 Å². The lowest BCUT2D eigenvalue weighted by Gasteiger charge is -2.33. The Morgan fingerprint density at radius 3 is 2.73 bits per heavy atom. The van der Waals surface area contributed by atoms with E-state index in [0.29, 0.717) is 19.3 Å². The number of benzene rings is 1. The summed E-state index contributed by atoms with van der Waals surface area (Å²) in [5, 5.41) is 0.0447. The van der Waals surface area contributed by atoms with Gasteiger partial charge < -0.3 is 9.64 Å². The number of aromatic nitrogens is 1. The molecular formula is C18H17ClF3N3O4S. The number of hydrogen-bond acceptors (Lipinski definition) is 5. The molecule has 0 radical (unpaired) electrons. The molecule has 0 spiro atoms. The van der Waals surface area contributed by atoms with Crippen LogP contribution in [0, 0.1) is 0 Å². The van der Waals surface area contributed by atoms with E-state index in [1.807, 2.05) is 0 Å². The van der Waals surface area contributed by atoms with Crippen molar-refractivity contribution in [3.05, 3.63) is 52.8 Å². The Bertz CT molecular complexity index is 1060. The second-order valence-corrected chi connectivity index (χ2v) is 8.72. The van der Waals surface area contributed by atoms with Gasteiger partial charge in [0.2, 0.25) is 0 Å². The summed E-state index contributed by atoms with van der Waals surface area (Å²) in [6, 6.07) is 4.17. The van der Waals surface area contributed by atoms with Gasteiger partial charge in [-0.05, 0) is 31.2 Å². The zero-order valence-electron chi connectivity index (χ0n) is 15.6. The van der Waals surface area contributed by atoms with Crippen LogP contribution >= 0.6 is 11.6 Å². The van der Waals surface area contributed by atoms with Gasteiger partial charge in [-0.25, -0.2) is 13.4 Å². The van der Waals surface area contributed by atoms with Gasteiger partial charge in [0.25, 0.3) is 15.9 Å². The summed E-state index contributed by atoms with van der Waals surface area (Å²) in [6.07, 6.45) is -3.53. The fourth-order valence-electron chi connectivity index (χ4n) is 2.90. The molecule has 1 atom stereocenters. The second kappa shape index (κ2) is 8.40. The summed E-state index contributed by atoms with van der Waals surface area (Å²) >= 11 is 5.90. The third kappa shape index (κ3) is 4.85. The highest BCUT2D eigenvalue weighted by Crippen LogP contribution is 2.31. The minimum atomic E-state index is -4.71. The van der Waals surface area contributed by atoms with Crippen LogP contribution in [0.5, 0.6) is 0 Å². The van der Waals surface area contributed by atoms with E-state index in [0.717, 1.165) is 18.2 Å². The number of pyridine rings is 1. The molecular weight excluding hydrogens is 447 g/mol. The van der Waals surface area contributed by atoms with Crippen LogP contribution in [0.25, 0.3) is 0 Å². The summed E-state index contributed by atoms with van der Waals surface area (Å²) in [4.78, 5) is 17.7. The van der Waals surface area contributed by atoms with Crippen LogP contribution in [0.4, 0.5) is 18.9 Å². The van der Waals surface area contributed by atoms with Crippen LogP contribution in [-0.4, -0.2) is 50.0 Å². The number of nitrogens with one attached hydrogen (secondary N) is 1. The van der Waals surface area contributed by atoms with E-state index < -0.39 is 32.6 Å². The first-order valence-electron chi connectivity index (χ1n) is 8.73. The number of carbonyl (C=O) groups excluding carboxylic acids is 1. The average molecular weight is 464 g/mol. The third-order valence-electron chi connectivity index (χ3n) is 4.40. The molecule has 7 nitrogen and oxygen atoms in total. The van der Waals surface area contributed by atoms with Gasteiger partial charge in [-0.1, -0.05) is 17.7 Å². The summed E-state index contributed by atoms with van der Waals surface area (Å²) in [5.74, 6) is -0.552. The molecule has 0 saturated carbocycles. The normalized spacial score (nSPS) is 17.6. The number of ether oxygens (including phenoxy) is 1. The molecule has 0 aliphatic carbocycles. The maximum atomic E-state index is 12.9. The number of nitrogens with zero attached hydrogens (tertiary/aromatic N) is 2. The number of morpholine rings is 1. The number of alkyl halides is 3. The molecule has 12 heteroatoms. The molecule has 1 unspecified atom stereocenters. The monoisotopic (exact) mass is 463 g/mol. The molecule has 1 fully saturated rings. The molecule has 1 amide bonds. The average Bonchev–Trinajstić information content (AvgIpc) is 2.67. The van der Waals surface area contributed by atoms with Crippen LogP contribution < -0.4 is 4.72 Å². The van der Waals surface area contributed by atoms with Gasteiger partial charge in [0.05, 0.1) is 40.4 Å². The topological polar surface area (TPSA) is 88.6 Å². The lowest BCUT2D eigenvalue weighted by atomic mass is 10.2. The largest absolute Gasteiger partial charge is 0.416 e. The number of sulfonamides is 1. The Balaban J connectivity index is 1.96. The van der Waals surface area contributed by atoms with Crippen LogP contribution in [0.2, 0.25) is 5.02 Å². The molecule has 1 aliphatic rings. The smallest absolute Gasteiger partial charge is 0.377 e. The quantitative estimate of drug-likeness (QED) is 0.750. The molecule has 1 aliphatic heterocycles. The molecule has 1 N–H and O–H groups in total. The zero-order chi connectivity index (χ0) is 22.1. The van der Waals surface area contributed by atoms with Crippen molar-refractivity contribution in [3.63, 3.8) is 0 Å². The van der Waals surface area contributed by atoms with Gasteiger partial charge in [-0.15, -0.1) is 0 Å². The van der Waals surface area contributed by atoms with Gasteiger partial charge in [-0.3, -0.25) is 9.52 Å². The second-order valence-electron chi connectivity index (χ2n) is 6.60. The molecule has 1 aromatic heterocycles. The standard InChI is InChI=1S/C18H17ClF3N3O4S/c1-11-10-29-6-5-25(11)17(26)16-15(8-13(19)9-23-16)24-30(27,28)14-4-2-3-12(7-14)18(20,21)22/h2-4,7-9,11,24H,5-6,10H2,1H3. The molecule has 1 aromatic carbocycles. The number of halogens is 4. The SMILES string of the molecule is CC1COCCN1C(=O)c1ncc(Cl)cc1NS(=O)(=O)c1cccc(C(F)(F)F)c1. The van der Waals surface area contributed by atoms with Gasteiger partial charge in [-0.2, -0.15) is 13.2 Å². The first kappa shape index (κ1) is 22.3. The minimum Gasteiger partial charge on any atom is -0.377 e. The van der Waals surface area contributed by atoms with E-state index in [9.17, 15) is 26.4 Å². The molecule has 2 heterocycles. The molecule has 30 heavy (non-hydrogen) atoms. The van der Waals surface area contributed by atoms with E-state index in [2.05, 4.69) is 9.71 Å². The maximum Gasteiger partial charge on any atom is 0.416 e. The number of carbonyl (C=O) groups is 1. The summed E-state index contributed by atoms with van der Waals surface area (Å²) in [6.45, 7) is 2.67. The zero-order valence-corrected chi connectivity index (χ0v) is 17.2. The highest BCUT2D eigenvalue weighted by Gasteiger charge is 2.32. The van der Waals surface area contributed by atoms with Crippen molar-refractivity contribution in [2.24, 2.45) is 0 Å². The highest BCUT2D eigenvalue weighted by atomic mass is 35.5. The fraction of sp³-hybridized carbons (Fsp3) is 0.333. The van der Waals surface area contributed by atoms with Gasteiger partial charge in [0.15, 0.2) is 5.69 Å². The molecule has 162 valence electrons. The molecule has 0 bridgehead atoms. The summed E-state index contributed by atoms with van der Waals surface area (Å²) < 4.78 is 71.7. The lowest BCUT2D eigenvalue weighted by Crippen LogP contribution is -2.47. The number of anilines is 1. The first-order chi connectivity index (χ1) is 14.0. The van der Waals surface area contributed by atoms with Crippen molar-refractivity contribution in [3.8, 4) is 0 Å². The Morgan fingerprint density at radius 1 is 1.33 bits per heavy atom. The maximum absolute atomic E-state index is 12.9. The Kier molecular flexibility index (Phi) is 6.25. The number of rotatable bonds is 4. The molecule has 2 aromatic rings. The van der Waals surface area contributed by atoms with Crippen LogP contribution in [-0.2, 0) is 20.9 Å². The number of hydrogen-bond donors (Lipinski definition) is 1. The first-order valence-corrected chi connectivity index (χ1v) is 10.6. The van der Waals surface area contributed by atoms with Crippen LogP contribution in [0.1, 0.15) is 23.0 Å². The van der Waals surface area contributed by atoms with Crippen LogP contribution in [0.15, 0.2) is 41.4 Å². The number of amides is 1. The van der Waals surface area contributed by atoms with E-state index in [-0.39, 0.29) is 29.0 Å². The van der Waals surface area contributed by atoms with E-state index in [4.69, 9.17) is 16.3 Å². The Morgan fingerprint density at radius 2 is 2.07 bits per heavy atom. The molecule has 1 saturated heterocycles. The van der Waals surface area contributed by atoms with E-state index >= 15 is 0 Å². The lowest BCUT2D eigenvalue weighted by molar-refractivity contribution is -0.137. The molecule has 3 rings (SSSR count). The van der Waals surface area contributed by atoms with E-state index in [1.54, 1.807) is 6.92 Å². The van der Waals surface area contributed by atoms with Crippen molar-refractivity contribution in [1.29, 1.82) is 0 Å². The predicted molar refractivity (Wildman–Crippen MR) is 103 cm³/mol. The Hall–Kier alpha value is -2.37. The summed E-state index contributed by atoms with van der Waals surface area (Å²) in [7, 11) is -4.46.